The van der Waals surface area contributed by atoms with Crippen LogP contribution in [0.15, 0.2) is 34.9 Å². The van der Waals surface area contributed by atoms with Crippen LogP contribution in [0.3, 0.4) is 0 Å². The van der Waals surface area contributed by atoms with Gasteiger partial charge in [0.1, 0.15) is 0 Å². The molecule has 0 aromatic heterocycles. The van der Waals surface area contributed by atoms with Gasteiger partial charge in [-0.15, -0.1) is 0 Å². The zero-order chi connectivity index (χ0) is 25.6. The molecule has 1 heterocycles. The minimum Gasteiger partial charge on any atom is -0.396 e. The van der Waals surface area contributed by atoms with Gasteiger partial charge in [0.2, 0.25) is 5.91 Å². The number of carbonyl (C=O) groups excluding carboxylic acids is 1. The number of allylic oxidation sites excluding steroid dienone is 6. The van der Waals surface area contributed by atoms with Crippen LogP contribution in [0.4, 0.5) is 0 Å². The third-order valence-electron chi connectivity index (χ3n) is 6.13. The molecular weight excluding hydrogens is 384 g/mol. The van der Waals surface area contributed by atoms with E-state index < -0.39 is 6.98 Å². The minimum absolute atomic E-state index is 0.122. The van der Waals surface area contributed by atoms with E-state index in [0.717, 1.165) is 51.4 Å². The lowest BCUT2D eigenvalue weighted by atomic mass is 10.0. The predicted molar refractivity (Wildman–Crippen MR) is 133 cm³/mol. The van der Waals surface area contributed by atoms with Gasteiger partial charge in [-0.25, -0.2) is 0 Å². The largest absolute Gasteiger partial charge is 0.396 e. The molecule has 1 rings (SSSR count). The highest BCUT2D eigenvalue weighted by molar-refractivity contribution is 5.76. The first-order chi connectivity index (χ1) is 16.0. The van der Waals surface area contributed by atoms with Crippen molar-refractivity contribution in [2.24, 2.45) is 5.92 Å². The number of rotatable bonds is 14. The fourth-order valence-electron chi connectivity index (χ4n) is 3.78. The van der Waals surface area contributed by atoms with E-state index >= 15 is 0 Å². The average Bonchev–Trinajstić information content (AvgIpc) is 2.78. The molecule has 0 spiro atoms. The van der Waals surface area contributed by atoms with E-state index in [-0.39, 0.29) is 12.5 Å². The maximum atomic E-state index is 12.4. The first kappa shape index (κ1) is 22.8. The van der Waals surface area contributed by atoms with Crippen molar-refractivity contribution in [2.45, 2.75) is 85.5 Å². The first-order valence-electron chi connectivity index (χ1n) is 13.6. The molecule has 4 heteroatoms. The van der Waals surface area contributed by atoms with Gasteiger partial charge < -0.3 is 14.9 Å². The maximum Gasteiger partial charge on any atom is 0.222 e. The van der Waals surface area contributed by atoms with Crippen LogP contribution in [0, 0.1) is 5.92 Å². The van der Waals surface area contributed by atoms with Gasteiger partial charge in [-0.05, 0) is 85.0 Å². The standard InChI is InChI=1S/C27H48N2O2/c1-23(10-6-12-24(2)14-8-16-26(4)22-30)11-7-13-25(3)15-9-17-27(31)29-20-18-28(5)19-21-29/h11-12,15,26,30H,6-10,13-14,16-22H2,1-5H3/b23-11+,24-12+,25-15+/i5D3. The molecule has 0 saturated carbocycles. The maximum absolute atomic E-state index is 12.4. The molecule has 1 N–H and O–H groups in total. The first-order valence-corrected chi connectivity index (χ1v) is 12.1. The number of hydrogen-bond donors (Lipinski definition) is 1. The number of aliphatic hydroxyl groups excluding tert-OH is 1. The van der Waals surface area contributed by atoms with Gasteiger partial charge in [-0.3, -0.25) is 4.79 Å². The van der Waals surface area contributed by atoms with E-state index in [9.17, 15) is 4.79 Å². The molecule has 1 saturated heterocycles. The summed E-state index contributed by atoms with van der Waals surface area (Å²) in [7, 11) is 0. The molecule has 0 aromatic carbocycles. The normalized spacial score (nSPS) is 19.7. The molecule has 31 heavy (non-hydrogen) atoms. The second-order valence-corrected chi connectivity index (χ2v) is 9.32. The SMILES string of the molecule is [2H]C([2H])([2H])N1CCN(C(=O)CC/C=C(\C)CC/C=C(\C)CC/C=C(\C)CCCC(C)CO)CC1. The molecule has 1 aliphatic heterocycles. The number of hydrogen-bond acceptors (Lipinski definition) is 3. The van der Waals surface area contributed by atoms with E-state index in [2.05, 4.69) is 45.9 Å². The fourth-order valence-corrected chi connectivity index (χ4v) is 3.78. The molecule has 0 bridgehead atoms. The number of likely N-dealkylation sites (N-methyl/N-ethyl adjacent to an activating group) is 1. The van der Waals surface area contributed by atoms with E-state index in [1.807, 2.05) is 0 Å². The molecule has 1 unspecified atom stereocenters. The molecule has 1 atom stereocenters. The highest BCUT2D eigenvalue weighted by atomic mass is 16.3. The summed E-state index contributed by atoms with van der Waals surface area (Å²) in [6.07, 6.45) is 15.7. The predicted octanol–water partition coefficient (Wildman–Crippen LogP) is 5.74. The van der Waals surface area contributed by atoms with E-state index in [4.69, 9.17) is 9.22 Å². The van der Waals surface area contributed by atoms with Gasteiger partial charge in [0.25, 0.3) is 0 Å². The van der Waals surface area contributed by atoms with Crippen molar-refractivity contribution < 1.29 is 14.0 Å². The Balaban J connectivity index is 2.21. The monoisotopic (exact) mass is 435 g/mol. The Morgan fingerprint density at radius 2 is 1.42 bits per heavy atom. The summed E-state index contributed by atoms with van der Waals surface area (Å²) < 4.78 is 22.4. The number of carbonyl (C=O) groups is 1. The molecule has 4 nitrogen and oxygen atoms in total. The molecule has 0 radical (unpaired) electrons. The van der Waals surface area contributed by atoms with Gasteiger partial charge in [-0.2, -0.15) is 0 Å². The summed E-state index contributed by atoms with van der Waals surface area (Å²) in [4.78, 5) is 15.7. The van der Waals surface area contributed by atoms with Crippen LogP contribution in [-0.4, -0.2) is 60.6 Å². The van der Waals surface area contributed by atoms with Gasteiger partial charge in [0.15, 0.2) is 0 Å². The Bertz CT molecular complexity index is 690. The van der Waals surface area contributed by atoms with Crippen LogP contribution in [0.1, 0.15) is 89.6 Å². The molecule has 178 valence electrons. The van der Waals surface area contributed by atoms with Crippen molar-refractivity contribution in [1.29, 1.82) is 0 Å². The van der Waals surface area contributed by atoms with E-state index in [1.54, 1.807) is 4.90 Å². The van der Waals surface area contributed by atoms with Crippen molar-refractivity contribution in [3.05, 3.63) is 34.9 Å². The highest BCUT2D eigenvalue weighted by Crippen LogP contribution is 2.15. The lowest BCUT2D eigenvalue weighted by Crippen LogP contribution is -2.47. The van der Waals surface area contributed by atoms with Gasteiger partial charge in [-0.1, -0.05) is 41.9 Å². The van der Waals surface area contributed by atoms with Crippen molar-refractivity contribution in [3.8, 4) is 0 Å². The zero-order valence-electron chi connectivity index (χ0n) is 23.5. The van der Waals surface area contributed by atoms with E-state index in [1.165, 1.54) is 21.6 Å². The van der Waals surface area contributed by atoms with Crippen LogP contribution in [0.2, 0.25) is 0 Å². The van der Waals surface area contributed by atoms with Crippen LogP contribution >= 0.6 is 0 Å². The van der Waals surface area contributed by atoms with Crippen molar-refractivity contribution in [1.82, 2.24) is 9.80 Å². The third kappa shape index (κ3) is 13.6. The lowest BCUT2D eigenvalue weighted by molar-refractivity contribution is -0.132. The smallest absolute Gasteiger partial charge is 0.222 e. The van der Waals surface area contributed by atoms with Gasteiger partial charge in [0, 0.05) is 43.3 Å². The summed E-state index contributed by atoms with van der Waals surface area (Å²) in [5.74, 6) is 0.526. The molecular formula is C27H48N2O2. The van der Waals surface area contributed by atoms with Crippen molar-refractivity contribution in [2.75, 3.05) is 39.8 Å². The highest BCUT2D eigenvalue weighted by Gasteiger charge is 2.17. The average molecular weight is 436 g/mol. The minimum atomic E-state index is -2.06. The van der Waals surface area contributed by atoms with Crippen LogP contribution in [-0.2, 0) is 4.79 Å². The fraction of sp³-hybridized carbons (Fsp3) is 0.741. The summed E-state index contributed by atoms with van der Waals surface area (Å²) >= 11 is 0. The lowest BCUT2D eigenvalue weighted by Gasteiger charge is -2.32. The number of aliphatic hydroxyl groups is 1. The quantitative estimate of drug-likeness (QED) is 0.354. The molecule has 1 amide bonds. The number of piperazine rings is 1. The summed E-state index contributed by atoms with van der Waals surface area (Å²) in [6.45, 7) is 8.71. The molecule has 1 aliphatic rings. The number of amides is 1. The Hall–Kier alpha value is -1.39. The Morgan fingerprint density at radius 3 is 1.94 bits per heavy atom. The van der Waals surface area contributed by atoms with Crippen LogP contribution < -0.4 is 0 Å². The zero-order valence-corrected chi connectivity index (χ0v) is 20.5. The number of nitrogens with zero attached hydrogens (tertiary/aromatic N) is 2. The van der Waals surface area contributed by atoms with Crippen molar-refractivity contribution in [3.63, 3.8) is 0 Å². The summed E-state index contributed by atoms with van der Waals surface area (Å²) in [5.41, 5.74) is 4.19. The molecule has 0 aromatic rings. The van der Waals surface area contributed by atoms with Crippen molar-refractivity contribution >= 4 is 5.91 Å². The van der Waals surface area contributed by atoms with Crippen LogP contribution in [0.25, 0.3) is 0 Å². The van der Waals surface area contributed by atoms with Crippen LogP contribution in [0.5, 0.6) is 0 Å². The topological polar surface area (TPSA) is 43.8 Å². The van der Waals surface area contributed by atoms with E-state index in [0.29, 0.717) is 38.5 Å². The van der Waals surface area contributed by atoms with Gasteiger partial charge >= 0.3 is 0 Å². The Morgan fingerprint density at radius 1 is 0.903 bits per heavy atom. The van der Waals surface area contributed by atoms with Gasteiger partial charge in [0.05, 0.1) is 0 Å². The third-order valence-corrected chi connectivity index (χ3v) is 6.13. The Kier molecular flexibility index (Phi) is 12.0. The summed E-state index contributed by atoms with van der Waals surface area (Å²) in [5, 5.41) is 9.09. The molecule has 0 aliphatic carbocycles. The second-order valence-electron chi connectivity index (χ2n) is 9.32. The molecule has 1 fully saturated rings. The summed E-state index contributed by atoms with van der Waals surface area (Å²) in [6, 6.07) is 0. The Labute approximate surface area is 196 Å². The second kappa shape index (κ2) is 16.3.